The Bertz CT molecular complexity index is 1300. The van der Waals surface area contributed by atoms with Crippen LogP contribution in [0.25, 0.3) is 16.9 Å². The van der Waals surface area contributed by atoms with Gasteiger partial charge in [0, 0.05) is 23.7 Å². The molecule has 1 N–H and O–H groups in total. The number of benzene rings is 3. The van der Waals surface area contributed by atoms with E-state index in [0.29, 0.717) is 13.0 Å². The first kappa shape index (κ1) is 27.8. The molecule has 0 radical (unpaired) electrons. The maximum absolute atomic E-state index is 12.3. The summed E-state index contributed by atoms with van der Waals surface area (Å²) in [6.45, 7) is 2.73. The Labute approximate surface area is 231 Å². The molecule has 0 saturated heterocycles. The summed E-state index contributed by atoms with van der Waals surface area (Å²) in [5.41, 5.74) is 7.28. The molecule has 1 amide bonds. The number of ether oxygens (including phenoxy) is 1. The van der Waals surface area contributed by atoms with E-state index in [1.54, 1.807) is 6.21 Å². The van der Waals surface area contributed by atoms with Crippen molar-refractivity contribution in [3.63, 3.8) is 0 Å². The molecule has 0 unspecified atom stereocenters. The molecule has 6 heteroatoms. The summed E-state index contributed by atoms with van der Waals surface area (Å²) in [6, 6.07) is 27.9. The zero-order valence-electron chi connectivity index (χ0n) is 22.8. The van der Waals surface area contributed by atoms with Gasteiger partial charge in [-0.1, -0.05) is 94.0 Å². The molecule has 1 aromatic heterocycles. The summed E-state index contributed by atoms with van der Waals surface area (Å²) < 4.78 is 7.77. The number of unbranched alkanes of at least 4 members (excludes halogenated alkanes) is 6. The predicted octanol–water partition coefficient (Wildman–Crippen LogP) is 7.71. The van der Waals surface area contributed by atoms with Crippen molar-refractivity contribution in [1.29, 1.82) is 0 Å². The van der Waals surface area contributed by atoms with Crippen molar-refractivity contribution in [2.24, 2.45) is 5.10 Å². The molecule has 0 aliphatic carbocycles. The molecule has 4 aromatic rings. The second-order valence-corrected chi connectivity index (χ2v) is 9.68. The normalized spacial score (nSPS) is 11.1. The van der Waals surface area contributed by atoms with E-state index in [2.05, 4.69) is 17.5 Å². The second kappa shape index (κ2) is 15.3. The molecule has 0 aliphatic heterocycles. The van der Waals surface area contributed by atoms with Gasteiger partial charge >= 0.3 is 0 Å². The number of carbonyl (C=O) groups is 1. The third-order valence-corrected chi connectivity index (χ3v) is 6.54. The van der Waals surface area contributed by atoms with Crippen molar-refractivity contribution in [3.05, 3.63) is 102 Å². The van der Waals surface area contributed by atoms with Crippen LogP contribution in [0, 0.1) is 0 Å². The van der Waals surface area contributed by atoms with Gasteiger partial charge in [-0.25, -0.2) is 10.1 Å². The van der Waals surface area contributed by atoms with Crippen LogP contribution in [-0.4, -0.2) is 21.9 Å². The molecule has 0 fully saturated rings. The van der Waals surface area contributed by atoms with Crippen LogP contribution in [0.2, 0.25) is 0 Å². The zero-order chi connectivity index (χ0) is 27.1. The zero-order valence-corrected chi connectivity index (χ0v) is 22.8. The molecule has 4 rings (SSSR count). The SMILES string of the molecule is CCCCCCCCCC(=O)N/N=C\c1cn(-c2ccccc2)nc1-c1ccc(OCc2ccccc2)cc1. The number of hydrazone groups is 1. The lowest BCUT2D eigenvalue weighted by atomic mass is 10.1. The molecule has 0 saturated carbocycles. The second-order valence-electron chi connectivity index (χ2n) is 9.68. The van der Waals surface area contributed by atoms with E-state index in [-0.39, 0.29) is 5.91 Å². The van der Waals surface area contributed by atoms with Gasteiger partial charge in [-0.2, -0.15) is 10.2 Å². The van der Waals surface area contributed by atoms with Gasteiger partial charge in [-0.3, -0.25) is 4.79 Å². The molecule has 0 bridgehead atoms. The molecule has 3 aromatic carbocycles. The largest absolute Gasteiger partial charge is 0.489 e. The van der Waals surface area contributed by atoms with Gasteiger partial charge in [0.15, 0.2) is 0 Å². The van der Waals surface area contributed by atoms with Crippen molar-refractivity contribution >= 4 is 12.1 Å². The van der Waals surface area contributed by atoms with Gasteiger partial charge < -0.3 is 4.74 Å². The van der Waals surface area contributed by atoms with E-state index >= 15 is 0 Å². The number of rotatable bonds is 15. The number of para-hydroxylation sites is 1. The predicted molar refractivity (Wildman–Crippen MR) is 158 cm³/mol. The Kier molecular flexibility index (Phi) is 10.9. The van der Waals surface area contributed by atoms with Crippen LogP contribution in [0.15, 0.2) is 96.2 Å². The first-order valence-electron chi connectivity index (χ1n) is 14.0. The van der Waals surface area contributed by atoms with E-state index in [0.717, 1.165) is 46.7 Å². The van der Waals surface area contributed by atoms with Crippen LogP contribution < -0.4 is 10.2 Å². The smallest absolute Gasteiger partial charge is 0.240 e. The summed E-state index contributed by atoms with van der Waals surface area (Å²) >= 11 is 0. The molecule has 6 nitrogen and oxygen atoms in total. The van der Waals surface area contributed by atoms with Gasteiger partial charge in [0.25, 0.3) is 0 Å². The van der Waals surface area contributed by atoms with Crippen LogP contribution in [-0.2, 0) is 11.4 Å². The van der Waals surface area contributed by atoms with Crippen LogP contribution in [0.3, 0.4) is 0 Å². The van der Waals surface area contributed by atoms with Crippen molar-refractivity contribution in [2.75, 3.05) is 0 Å². The Morgan fingerprint density at radius 3 is 2.26 bits per heavy atom. The fourth-order valence-corrected chi connectivity index (χ4v) is 4.34. The summed E-state index contributed by atoms with van der Waals surface area (Å²) in [5, 5.41) is 9.09. The van der Waals surface area contributed by atoms with Gasteiger partial charge in [0.1, 0.15) is 18.1 Å². The molecule has 0 atom stereocenters. The summed E-state index contributed by atoms with van der Waals surface area (Å²) in [4.78, 5) is 12.3. The molecule has 0 spiro atoms. The lowest BCUT2D eigenvalue weighted by Gasteiger charge is -2.07. The average molecular weight is 523 g/mol. The monoisotopic (exact) mass is 522 g/mol. The van der Waals surface area contributed by atoms with Gasteiger partial charge in [-0.05, 0) is 48.4 Å². The minimum atomic E-state index is -0.0586. The minimum absolute atomic E-state index is 0.0586. The molecule has 0 aliphatic rings. The van der Waals surface area contributed by atoms with E-state index in [1.807, 2.05) is 95.8 Å². The van der Waals surface area contributed by atoms with Crippen LogP contribution >= 0.6 is 0 Å². The summed E-state index contributed by atoms with van der Waals surface area (Å²) in [6.07, 6.45) is 12.3. The van der Waals surface area contributed by atoms with Crippen molar-refractivity contribution in [3.8, 4) is 22.7 Å². The third-order valence-electron chi connectivity index (χ3n) is 6.54. The number of aromatic nitrogens is 2. The van der Waals surface area contributed by atoms with E-state index < -0.39 is 0 Å². The molecule has 39 heavy (non-hydrogen) atoms. The fraction of sp³-hybridized carbons (Fsp3) is 0.303. The lowest BCUT2D eigenvalue weighted by molar-refractivity contribution is -0.121. The maximum atomic E-state index is 12.3. The van der Waals surface area contributed by atoms with Crippen molar-refractivity contribution in [1.82, 2.24) is 15.2 Å². The number of hydrogen-bond acceptors (Lipinski definition) is 4. The molecular formula is C33H38N4O2. The minimum Gasteiger partial charge on any atom is -0.489 e. The van der Waals surface area contributed by atoms with Gasteiger partial charge in [-0.15, -0.1) is 0 Å². The van der Waals surface area contributed by atoms with E-state index in [1.165, 1.54) is 32.1 Å². The van der Waals surface area contributed by atoms with Crippen molar-refractivity contribution in [2.45, 2.75) is 64.9 Å². The highest BCUT2D eigenvalue weighted by Gasteiger charge is 2.12. The number of amides is 1. The maximum Gasteiger partial charge on any atom is 0.240 e. The Morgan fingerprint density at radius 2 is 1.54 bits per heavy atom. The molecular weight excluding hydrogens is 484 g/mol. The number of hydrogen-bond donors (Lipinski definition) is 1. The highest BCUT2D eigenvalue weighted by Crippen LogP contribution is 2.25. The highest BCUT2D eigenvalue weighted by atomic mass is 16.5. The first-order chi connectivity index (χ1) is 19.2. The molecule has 1 heterocycles. The summed E-state index contributed by atoms with van der Waals surface area (Å²) in [7, 11) is 0. The standard InChI is InChI=1S/C33H38N4O2/c1-2-3-4-5-6-7-14-19-32(38)35-34-24-29-25-37(30-17-12-9-13-18-30)36-33(29)28-20-22-31(23-21-28)39-26-27-15-10-8-11-16-27/h8-13,15-18,20-25H,2-7,14,19,26H2,1H3,(H,35,38)/b34-24-. The Balaban J connectivity index is 1.39. The van der Waals surface area contributed by atoms with Crippen LogP contribution in [0.5, 0.6) is 5.75 Å². The van der Waals surface area contributed by atoms with Gasteiger partial charge in [0.05, 0.1) is 11.9 Å². The summed E-state index contributed by atoms with van der Waals surface area (Å²) in [5.74, 6) is 0.731. The molecule has 202 valence electrons. The topological polar surface area (TPSA) is 68.5 Å². The van der Waals surface area contributed by atoms with Crippen LogP contribution in [0.1, 0.15) is 69.4 Å². The first-order valence-corrected chi connectivity index (χ1v) is 14.0. The van der Waals surface area contributed by atoms with Gasteiger partial charge in [0.2, 0.25) is 5.91 Å². The Hall–Kier alpha value is -4.19. The third kappa shape index (κ3) is 8.95. The number of nitrogens with one attached hydrogen (secondary N) is 1. The van der Waals surface area contributed by atoms with Crippen LogP contribution in [0.4, 0.5) is 0 Å². The fourth-order valence-electron chi connectivity index (χ4n) is 4.34. The van der Waals surface area contributed by atoms with E-state index in [4.69, 9.17) is 9.84 Å². The van der Waals surface area contributed by atoms with E-state index in [9.17, 15) is 4.79 Å². The highest BCUT2D eigenvalue weighted by molar-refractivity contribution is 5.89. The van der Waals surface area contributed by atoms with Crippen molar-refractivity contribution < 1.29 is 9.53 Å². The quantitative estimate of drug-likeness (QED) is 0.0987. The Morgan fingerprint density at radius 1 is 0.872 bits per heavy atom. The number of carbonyl (C=O) groups excluding carboxylic acids is 1. The lowest BCUT2D eigenvalue weighted by Crippen LogP contribution is -2.16. The average Bonchev–Trinajstić information content (AvgIpc) is 3.41. The number of nitrogens with zero attached hydrogens (tertiary/aromatic N) is 3.